The number of benzene rings is 1. The first-order valence-electron chi connectivity index (χ1n) is 10.6. The van der Waals surface area contributed by atoms with Gasteiger partial charge in [-0.15, -0.1) is 0 Å². The molecule has 31 heavy (non-hydrogen) atoms. The van der Waals surface area contributed by atoms with Crippen LogP contribution in [-0.2, 0) is 4.79 Å². The Morgan fingerprint density at radius 3 is 2.68 bits per heavy atom. The quantitative estimate of drug-likeness (QED) is 0.626. The van der Waals surface area contributed by atoms with Gasteiger partial charge in [0.05, 0.1) is 12.7 Å². The zero-order valence-electron chi connectivity index (χ0n) is 18.2. The highest BCUT2D eigenvalue weighted by molar-refractivity contribution is 5.87. The largest absolute Gasteiger partial charge is 0.353 e. The van der Waals surface area contributed by atoms with Gasteiger partial charge < -0.3 is 15.5 Å². The van der Waals surface area contributed by atoms with E-state index in [4.69, 9.17) is 4.98 Å². The fourth-order valence-corrected chi connectivity index (χ4v) is 3.62. The van der Waals surface area contributed by atoms with Crippen molar-refractivity contribution in [1.82, 2.24) is 30.2 Å². The second kappa shape index (κ2) is 9.22. The maximum absolute atomic E-state index is 12.0. The number of piperazine rings is 1. The van der Waals surface area contributed by atoms with Crippen LogP contribution in [0.5, 0.6) is 0 Å². The molecule has 1 aromatic carbocycles. The Balaban J connectivity index is 1.47. The van der Waals surface area contributed by atoms with Crippen molar-refractivity contribution in [2.24, 2.45) is 0 Å². The van der Waals surface area contributed by atoms with Crippen LogP contribution in [0, 0.1) is 6.92 Å². The summed E-state index contributed by atoms with van der Waals surface area (Å²) in [7, 11) is 0. The fourth-order valence-electron chi connectivity index (χ4n) is 3.62. The minimum atomic E-state index is 0.0643. The van der Waals surface area contributed by atoms with Gasteiger partial charge in [0, 0.05) is 37.9 Å². The summed E-state index contributed by atoms with van der Waals surface area (Å²) in [6.45, 7) is 9.50. The first-order chi connectivity index (χ1) is 15.0. The zero-order chi connectivity index (χ0) is 21.8. The number of nitrogens with zero attached hydrogens (tertiary/aromatic N) is 6. The van der Waals surface area contributed by atoms with Crippen LogP contribution in [0.1, 0.15) is 19.4 Å². The molecule has 9 nitrogen and oxygen atoms in total. The molecule has 2 aromatic heterocycles. The average molecular weight is 421 g/mol. The highest BCUT2D eigenvalue weighted by Crippen LogP contribution is 2.23. The van der Waals surface area contributed by atoms with E-state index in [1.807, 2.05) is 26.0 Å². The van der Waals surface area contributed by atoms with Crippen LogP contribution >= 0.6 is 0 Å². The van der Waals surface area contributed by atoms with E-state index in [0.29, 0.717) is 29.3 Å². The number of aryl methyl sites for hydroxylation is 1. The van der Waals surface area contributed by atoms with E-state index < -0.39 is 0 Å². The molecule has 1 fully saturated rings. The normalized spacial score (nSPS) is 14.8. The van der Waals surface area contributed by atoms with Crippen molar-refractivity contribution >= 4 is 34.4 Å². The molecule has 1 aliphatic rings. The lowest BCUT2D eigenvalue weighted by Crippen LogP contribution is -2.50. The van der Waals surface area contributed by atoms with Gasteiger partial charge in [-0.05, 0) is 38.5 Å². The average Bonchev–Trinajstić information content (AvgIpc) is 2.74. The Morgan fingerprint density at radius 1 is 1.13 bits per heavy atom. The number of carbonyl (C=O) groups excluding carboxylic acids is 1. The molecular formula is C22H28N8O. The molecular weight excluding hydrogens is 392 g/mol. The Hall–Kier alpha value is -3.33. The molecule has 3 aromatic rings. The molecule has 0 unspecified atom stereocenters. The second-order valence-corrected chi connectivity index (χ2v) is 8.11. The lowest BCUT2D eigenvalue weighted by Gasteiger charge is -2.34. The van der Waals surface area contributed by atoms with Crippen molar-refractivity contribution in [3.8, 4) is 0 Å². The van der Waals surface area contributed by atoms with E-state index in [2.05, 4.69) is 54.4 Å². The van der Waals surface area contributed by atoms with Crippen molar-refractivity contribution in [1.29, 1.82) is 0 Å². The molecule has 4 rings (SSSR count). The van der Waals surface area contributed by atoms with Crippen LogP contribution in [0.3, 0.4) is 0 Å². The van der Waals surface area contributed by atoms with Crippen LogP contribution in [0.2, 0.25) is 0 Å². The second-order valence-electron chi connectivity index (χ2n) is 8.11. The van der Waals surface area contributed by atoms with Crippen LogP contribution in [0.4, 0.5) is 17.5 Å². The van der Waals surface area contributed by atoms with Crippen molar-refractivity contribution in [3.05, 3.63) is 42.4 Å². The molecule has 9 heteroatoms. The Bertz CT molecular complexity index is 1060. The summed E-state index contributed by atoms with van der Waals surface area (Å²) in [6.07, 6.45) is 3.26. The predicted octanol–water partition coefficient (Wildman–Crippen LogP) is 2.12. The first-order valence-corrected chi connectivity index (χ1v) is 10.6. The Labute approximate surface area is 181 Å². The van der Waals surface area contributed by atoms with E-state index in [1.165, 1.54) is 11.9 Å². The number of amides is 1. The number of fused-ring (bicyclic) bond motifs is 1. The van der Waals surface area contributed by atoms with Crippen molar-refractivity contribution < 1.29 is 4.79 Å². The summed E-state index contributed by atoms with van der Waals surface area (Å²) in [5.41, 5.74) is 3.50. The maximum Gasteiger partial charge on any atom is 0.234 e. The third-order valence-corrected chi connectivity index (χ3v) is 5.12. The number of hydrogen-bond acceptors (Lipinski definition) is 8. The predicted molar refractivity (Wildman–Crippen MR) is 122 cm³/mol. The van der Waals surface area contributed by atoms with Gasteiger partial charge in [-0.3, -0.25) is 9.69 Å². The molecule has 0 bridgehead atoms. The van der Waals surface area contributed by atoms with Gasteiger partial charge in [0.1, 0.15) is 17.4 Å². The van der Waals surface area contributed by atoms with Crippen molar-refractivity contribution in [2.75, 3.05) is 42.9 Å². The summed E-state index contributed by atoms with van der Waals surface area (Å²) in [5.74, 6) is 1.37. The minimum Gasteiger partial charge on any atom is -0.353 e. The Kier molecular flexibility index (Phi) is 6.22. The molecule has 1 amide bonds. The highest BCUT2D eigenvalue weighted by atomic mass is 16.2. The van der Waals surface area contributed by atoms with E-state index in [-0.39, 0.29) is 11.9 Å². The molecule has 162 valence electrons. The summed E-state index contributed by atoms with van der Waals surface area (Å²) in [4.78, 5) is 34.3. The topological polar surface area (TPSA) is 99.2 Å². The van der Waals surface area contributed by atoms with Crippen molar-refractivity contribution in [2.45, 2.75) is 26.8 Å². The molecule has 0 saturated carbocycles. The third-order valence-electron chi connectivity index (χ3n) is 5.12. The van der Waals surface area contributed by atoms with Crippen LogP contribution in [-0.4, -0.2) is 69.5 Å². The lowest BCUT2D eigenvalue weighted by molar-refractivity contribution is -0.122. The van der Waals surface area contributed by atoms with E-state index in [9.17, 15) is 4.79 Å². The summed E-state index contributed by atoms with van der Waals surface area (Å²) in [6, 6.07) is 8.27. The number of nitrogens with one attached hydrogen (secondary N) is 2. The van der Waals surface area contributed by atoms with Gasteiger partial charge in [-0.25, -0.2) is 19.9 Å². The molecule has 0 aliphatic carbocycles. The first kappa shape index (κ1) is 20.9. The Morgan fingerprint density at radius 2 is 1.94 bits per heavy atom. The molecule has 0 atom stereocenters. The molecule has 2 N–H and O–H groups in total. The van der Waals surface area contributed by atoms with Crippen molar-refractivity contribution in [3.63, 3.8) is 0 Å². The zero-order valence-corrected chi connectivity index (χ0v) is 18.2. The molecule has 1 saturated heterocycles. The number of anilines is 3. The molecule has 3 heterocycles. The van der Waals surface area contributed by atoms with Crippen LogP contribution in [0.25, 0.3) is 11.0 Å². The number of rotatable bonds is 6. The van der Waals surface area contributed by atoms with Gasteiger partial charge in [-0.2, -0.15) is 0 Å². The van der Waals surface area contributed by atoms with E-state index >= 15 is 0 Å². The lowest BCUT2D eigenvalue weighted by atomic mass is 10.2. The third kappa shape index (κ3) is 5.24. The summed E-state index contributed by atoms with van der Waals surface area (Å²) < 4.78 is 0. The molecule has 0 spiro atoms. The fraction of sp³-hybridized carbons (Fsp3) is 0.409. The smallest absolute Gasteiger partial charge is 0.234 e. The van der Waals surface area contributed by atoms with Gasteiger partial charge in [-0.1, -0.05) is 12.1 Å². The van der Waals surface area contributed by atoms with E-state index in [0.717, 1.165) is 31.9 Å². The maximum atomic E-state index is 12.0. The van der Waals surface area contributed by atoms with Crippen LogP contribution in [0.15, 0.2) is 36.8 Å². The highest BCUT2D eigenvalue weighted by Gasteiger charge is 2.21. The van der Waals surface area contributed by atoms with Crippen LogP contribution < -0.4 is 15.5 Å². The number of hydrogen-bond donors (Lipinski definition) is 2. The summed E-state index contributed by atoms with van der Waals surface area (Å²) >= 11 is 0. The van der Waals surface area contributed by atoms with Gasteiger partial charge in [0.15, 0.2) is 5.82 Å². The number of carbonyl (C=O) groups is 1. The monoisotopic (exact) mass is 420 g/mol. The number of aromatic nitrogens is 4. The minimum absolute atomic E-state index is 0.0643. The van der Waals surface area contributed by atoms with Gasteiger partial charge in [0.2, 0.25) is 11.9 Å². The molecule has 0 radical (unpaired) electrons. The standard InChI is InChI=1S/C22H28N8O/c1-15(2)26-19(31)13-29-7-9-30(10-8-29)22-23-12-18-20(28-22)21(25-14-24-18)27-17-6-4-5-16(3)11-17/h4-6,11-12,14-15H,7-10,13H2,1-3H3,(H,26,31)(H,24,25,27). The SMILES string of the molecule is Cc1cccc(Nc2ncnc3cnc(N4CCN(CC(=O)NC(C)C)CC4)nc23)c1. The van der Waals surface area contributed by atoms with E-state index in [1.54, 1.807) is 6.20 Å². The van der Waals surface area contributed by atoms with Gasteiger partial charge >= 0.3 is 0 Å². The molecule has 1 aliphatic heterocycles. The van der Waals surface area contributed by atoms with Gasteiger partial charge in [0.25, 0.3) is 0 Å². The summed E-state index contributed by atoms with van der Waals surface area (Å²) in [5, 5.41) is 6.29.